The third-order valence-corrected chi connectivity index (χ3v) is 6.10. The second kappa shape index (κ2) is 8.44. The lowest BCUT2D eigenvalue weighted by atomic mass is 9.71. The number of benzene rings is 3. The van der Waals surface area contributed by atoms with Crippen molar-refractivity contribution in [2.45, 2.75) is 24.5 Å². The summed E-state index contributed by atoms with van der Waals surface area (Å²) in [6.45, 7) is 2.48. The van der Waals surface area contributed by atoms with Crippen LogP contribution in [0.2, 0.25) is 0 Å². The molecule has 0 amide bonds. The van der Waals surface area contributed by atoms with Crippen LogP contribution in [0.5, 0.6) is 5.75 Å². The van der Waals surface area contributed by atoms with Gasteiger partial charge in [0.1, 0.15) is 11.4 Å². The highest BCUT2D eigenvalue weighted by atomic mass is 16.5. The SMILES string of the molecule is CCOC(=O)[C@@]1(c2ccccc2)N(c2ccc(OC)cc2)CC[C@]1(O)c1ccccc1. The number of carbonyl (C=O) groups is 1. The molecule has 3 aromatic rings. The molecule has 1 heterocycles. The van der Waals surface area contributed by atoms with Crippen LogP contribution in [0.1, 0.15) is 24.5 Å². The van der Waals surface area contributed by atoms with E-state index in [4.69, 9.17) is 9.47 Å². The lowest BCUT2D eigenvalue weighted by Crippen LogP contribution is -2.60. The molecule has 1 fully saturated rings. The maximum Gasteiger partial charge on any atom is 0.340 e. The van der Waals surface area contributed by atoms with Crippen molar-refractivity contribution in [1.82, 2.24) is 0 Å². The fraction of sp³-hybridized carbons (Fsp3) is 0.269. The normalized spacial score (nSPS) is 22.9. The van der Waals surface area contributed by atoms with Crippen molar-refractivity contribution < 1.29 is 19.4 Å². The number of anilines is 1. The smallest absolute Gasteiger partial charge is 0.340 e. The second-order valence-electron chi connectivity index (χ2n) is 7.62. The van der Waals surface area contributed by atoms with Crippen LogP contribution < -0.4 is 9.64 Å². The third kappa shape index (κ3) is 3.26. The van der Waals surface area contributed by atoms with Crippen molar-refractivity contribution in [3.05, 3.63) is 96.1 Å². The van der Waals surface area contributed by atoms with E-state index in [9.17, 15) is 9.90 Å². The maximum absolute atomic E-state index is 13.8. The van der Waals surface area contributed by atoms with Gasteiger partial charge in [0.15, 0.2) is 5.54 Å². The molecule has 4 rings (SSSR count). The molecule has 160 valence electrons. The molecule has 0 bridgehead atoms. The lowest BCUT2D eigenvalue weighted by Gasteiger charge is -2.46. The number of esters is 1. The number of hydrogen-bond donors (Lipinski definition) is 1. The van der Waals surface area contributed by atoms with Crippen molar-refractivity contribution >= 4 is 11.7 Å². The number of aliphatic hydroxyl groups is 1. The number of methoxy groups -OCH3 is 1. The van der Waals surface area contributed by atoms with Gasteiger partial charge in [0.05, 0.1) is 13.7 Å². The first-order valence-corrected chi connectivity index (χ1v) is 10.5. The minimum Gasteiger partial charge on any atom is -0.497 e. The van der Waals surface area contributed by atoms with Gasteiger partial charge in [-0.05, 0) is 42.3 Å². The molecule has 0 radical (unpaired) electrons. The van der Waals surface area contributed by atoms with Crippen LogP contribution in [0.4, 0.5) is 5.69 Å². The molecule has 0 aromatic heterocycles. The predicted octanol–water partition coefficient (Wildman–Crippen LogP) is 4.25. The molecule has 1 saturated heterocycles. The Labute approximate surface area is 182 Å². The van der Waals surface area contributed by atoms with Gasteiger partial charge in [-0.1, -0.05) is 60.7 Å². The van der Waals surface area contributed by atoms with Crippen molar-refractivity contribution in [3.8, 4) is 5.75 Å². The lowest BCUT2D eigenvalue weighted by molar-refractivity contribution is -0.161. The van der Waals surface area contributed by atoms with Gasteiger partial charge in [-0.25, -0.2) is 4.79 Å². The monoisotopic (exact) mass is 417 g/mol. The van der Waals surface area contributed by atoms with E-state index in [1.165, 1.54) is 0 Å². The van der Waals surface area contributed by atoms with Crippen LogP contribution in [0.25, 0.3) is 0 Å². The second-order valence-corrected chi connectivity index (χ2v) is 7.62. The molecule has 1 aliphatic heterocycles. The van der Waals surface area contributed by atoms with E-state index in [0.29, 0.717) is 24.1 Å². The van der Waals surface area contributed by atoms with Crippen LogP contribution in [0, 0.1) is 0 Å². The predicted molar refractivity (Wildman–Crippen MR) is 120 cm³/mol. The van der Waals surface area contributed by atoms with E-state index in [2.05, 4.69) is 0 Å². The first-order valence-electron chi connectivity index (χ1n) is 10.5. The molecule has 1 aliphatic rings. The van der Waals surface area contributed by atoms with Crippen LogP contribution in [-0.4, -0.2) is 31.3 Å². The topological polar surface area (TPSA) is 59.0 Å². The molecular formula is C26H27NO4. The summed E-state index contributed by atoms with van der Waals surface area (Å²) in [6, 6.07) is 26.4. The summed E-state index contributed by atoms with van der Waals surface area (Å²) in [7, 11) is 1.62. The molecule has 0 spiro atoms. The Bertz CT molecular complexity index is 1020. The van der Waals surface area contributed by atoms with E-state index in [-0.39, 0.29) is 6.61 Å². The van der Waals surface area contributed by atoms with Crippen molar-refractivity contribution in [1.29, 1.82) is 0 Å². The van der Waals surface area contributed by atoms with Crippen molar-refractivity contribution in [3.63, 3.8) is 0 Å². The average molecular weight is 418 g/mol. The van der Waals surface area contributed by atoms with Gasteiger partial charge in [-0.15, -0.1) is 0 Å². The van der Waals surface area contributed by atoms with Gasteiger partial charge in [0.2, 0.25) is 0 Å². The standard InChI is InChI=1S/C26H27NO4/c1-3-31-24(28)26(21-12-8-5-9-13-21)25(29,20-10-6-4-7-11-20)18-19-27(26)22-14-16-23(30-2)17-15-22/h4-17,29H,3,18-19H2,1-2H3/t25-,26+/m0/s1. The molecule has 2 atom stereocenters. The maximum atomic E-state index is 13.8. The van der Waals surface area contributed by atoms with Gasteiger partial charge in [0.25, 0.3) is 0 Å². The fourth-order valence-corrected chi connectivity index (χ4v) is 4.70. The Kier molecular flexibility index (Phi) is 5.70. The molecule has 0 aliphatic carbocycles. The quantitative estimate of drug-likeness (QED) is 0.608. The van der Waals surface area contributed by atoms with E-state index in [1.807, 2.05) is 89.8 Å². The number of ether oxygens (including phenoxy) is 2. The Balaban J connectivity index is 1.99. The van der Waals surface area contributed by atoms with Crippen LogP contribution >= 0.6 is 0 Å². The summed E-state index contributed by atoms with van der Waals surface area (Å²) in [6.07, 6.45) is 0.372. The van der Waals surface area contributed by atoms with Crippen LogP contribution in [-0.2, 0) is 20.7 Å². The van der Waals surface area contributed by atoms with Gasteiger partial charge in [-0.3, -0.25) is 0 Å². The van der Waals surface area contributed by atoms with Gasteiger partial charge in [-0.2, -0.15) is 0 Å². The number of nitrogens with zero attached hydrogens (tertiary/aromatic N) is 1. The zero-order chi connectivity index (χ0) is 21.9. The van der Waals surface area contributed by atoms with Crippen LogP contribution in [0.3, 0.4) is 0 Å². The fourth-order valence-electron chi connectivity index (χ4n) is 4.70. The average Bonchev–Trinajstić information content (AvgIpc) is 3.15. The van der Waals surface area contributed by atoms with Crippen molar-refractivity contribution in [2.75, 3.05) is 25.2 Å². The van der Waals surface area contributed by atoms with E-state index in [0.717, 1.165) is 11.4 Å². The first-order chi connectivity index (χ1) is 15.1. The zero-order valence-corrected chi connectivity index (χ0v) is 17.8. The summed E-state index contributed by atoms with van der Waals surface area (Å²) >= 11 is 0. The molecule has 3 aromatic carbocycles. The Morgan fingerprint density at radius 2 is 1.52 bits per heavy atom. The molecule has 0 unspecified atom stereocenters. The zero-order valence-electron chi connectivity index (χ0n) is 17.8. The summed E-state index contributed by atoms with van der Waals surface area (Å²) in [5, 5.41) is 12.3. The molecule has 1 N–H and O–H groups in total. The Morgan fingerprint density at radius 3 is 2.06 bits per heavy atom. The molecule has 5 heteroatoms. The molecule has 0 saturated carbocycles. The van der Waals surface area contributed by atoms with Gasteiger partial charge >= 0.3 is 5.97 Å². The number of hydrogen-bond acceptors (Lipinski definition) is 5. The Hall–Kier alpha value is -3.31. The minimum absolute atomic E-state index is 0.217. The molecular weight excluding hydrogens is 390 g/mol. The largest absolute Gasteiger partial charge is 0.497 e. The van der Waals surface area contributed by atoms with Crippen LogP contribution in [0.15, 0.2) is 84.9 Å². The molecule has 31 heavy (non-hydrogen) atoms. The number of rotatable bonds is 6. The highest BCUT2D eigenvalue weighted by Crippen LogP contribution is 2.54. The van der Waals surface area contributed by atoms with Crippen molar-refractivity contribution in [2.24, 2.45) is 0 Å². The number of carbonyl (C=O) groups excluding carboxylic acids is 1. The molecule has 5 nitrogen and oxygen atoms in total. The van der Waals surface area contributed by atoms with E-state index in [1.54, 1.807) is 14.0 Å². The van der Waals surface area contributed by atoms with Gasteiger partial charge < -0.3 is 19.5 Å². The first kappa shape index (κ1) is 20.9. The van der Waals surface area contributed by atoms with E-state index >= 15 is 0 Å². The van der Waals surface area contributed by atoms with E-state index < -0.39 is 17.1 Å². The van der Waals surface area contributed by atoms with Gasteiger partial charge in [0, 0.05) is 18.7 Å². The summed E-state index contributed by atoms with van der Waals surface area (Å²) in [5.41, 5.74) is -0.747. The summed E-state index contributed by atoms with van der Waals surface area (Å²) < 4.78 is 10.9. The highest BCUT2D eigenvalue weighted by molar-refractivity contribution is 5.90. The highest BCUT2D eigenvalue weighted by Gasteiger charge is 2.66. The third-order valence-electron chi connectivity index (χ3n) is 6.10. The minimum atomic E-state index is -1.48. The summed E-state index contributed by atoms with van der Waals surface area (Å²) in [5.74, 6) is 0.253. The summed E-state index contributed by atoms with van der Waals surface area (Å²) in [4.78, 5) is 15.8. The Morgan fingerprint density at radius 1 is 0.935 bits per heavy atom.